The van der Waals surface area contributed by atoms with Crippen molar-refractivity contribution < 1.29 is 14.6 Å². The lowest BCUT2D eigenvalue weighted by Crippen LogP contribution is -2.34. The Morgan fingerprint density at radius 1 is 1.32 bits per heavy atom. The largest absolute Gasteiger partial charge is 0.443 e. The zero-order valence-corrected chi connectivity index (χ0v) is 12.1. The molecule has 1 rings (SSSR count). The van der Waals surface area contributed by atoms with Gasteiger partial charge >= 0.3 is 6.09 Å². The molecule has 4 heteroatoms. The normalized spacial score (nSPS) is 11.2. The summed E-state index contributed by atoms with van der Waals surface area (Å²) in [5.74, 6) is 0. The van der Waals surface area contributed by atoms with Gasteiger partial charge in [-0.2, -0.15) is 0 Å². The van der Waals surface area contributed by atoms with Gasteiger partial charge in [0.25, 0.3) is 0 Å². The summed E-state index contributed by atoms with van der Waals surface area (Å²) in [6.45, 7) is 5.67. The minimum Gasteiger partial charge on any atom is -0.443 e. The van der Waals surface area contributed by atoms with Crippen molar-refractivity contribution in [3.8, 4) is 0 Å². The van der Waals surface area contributed by atoms with Crippen LogP contribution in [-0.2, 0) is 11.2 Å². The minimum absolute atomic E-state index is 0.143. The minimum atomic E-state index is -0.509. The summed E-state index contributed by atoms with van der Waals surface area (Å²) in [5, 5.41) is 8.91. The standard InChI is InChI=1S/C15H23NO3/c1-15(2,3)19-14(18)16(4)13-10-6-5-8-12(13)9-7-11-17/h5-6,8,10,17H,7,9,11H2,1-4H3. The molecule has 0 fully saturated rings. The second-order valence-corrected chi connectivity index (χ2v) is 5.50. The lowest BCUT2D eigenvalue weighted by atomic mass is 10.1. The number of hydrogen-bond acceptors (Lipinski definition) is 3. The topological polar surface area (TPSA) is 49.8 Å². The van der Waals surface area contributed by atoms with Crippen LogP contribution in [0.3, 0.4) is 0 Å². The Bertz CT molecular complexity index is 424. The molecule has 0 radical (unpaired) electrons. The van der Waals surface area contributed by atoms with Gasteiger partial charge in [-0.1, -0.05) is 18.2 Å². The summed E-state index contributed by atoms with van der Waals surface area (Å²) in [6, 6.07) is 7.67. The number of amides is 1. The number of aliphatic hydroxyl groups is 1. The summed E-state index contributed by atoms with van der Waals surface area (Å²) in [5.41, 5.74) is 1.35. The average Bonchev–Trinajstić information content (AvgIpc) is 2.33. The molecule has 1 amide bonds. The van der Waals surface area contributed by atoms with Crippen molar-refractivity contribution >= 4 is 11.8 Å². The number of nitrogens with zero attached hydrogens (tertiary/aromatic N) is 1. The van der Waals surface area contributed by atoms with Crippen molar-refractivity contribution in [3.63, 3.8) is 0 Å². The highest BCUT2D eigenvalue weighted by molar-refractivity contribution is 5.88. The molecule has 0 unspecified atom stereocenters. The molecule has 1 N–H and O–H groups in total. The lowest BCUT2D eigenvalue weighted by molar-refractivity contribution is 0.0589. The van der Waals surface area contributed by atoms with Crippen LogP contribution in [0, 0.1) is 0 Å². The highest BCUT2D eigenvalue weighted by Crippen LogP contribution is 2.22. The van der Waals surface area contributed by atoms with Gasteiger partial charge in [-0.25, -0.2) is 4.79 Å². The SMILES string of the molecule is CN(C(=O)OC(C)(C)C)c1ccccc1CCCO. The fraction of sp³-hybridized carbons (Fsp3) is 0.533. The van der Waals surface area contributed by atoms with E-state index in [1.807, 2.05) is 45.0 Å². The molecule has 1 aromatic rings. The molecule has 1 aromatic carbocycles. The molecule has 0 atom stereocenters. The number of rotatable bonds is 4. The first-order valence-electron chi connectivity index (χ1n) is 6.50. The van der Waals surface area contributed by atoms with E-state index in [1.165, 1.54) is 4.90 Å². The van der Waals surface area contributed by atoms with Gasteiger partial charge in [-0.05, 0) is 45.2 Å². The third-order valence-corrected chi connectivity index (χ3v) is 2.62. The molecule has 0 spiro atoms. The van der Waals surface area contributed by atoms with Gasteiger partial charge < -0.3 is 9.84 Å². The van der Waals surface area contributed by atoms with Crippen LogP contribution in [0.1, 0.15) is 32.8 Å². The fourth-order valence-electron chi connectivity index (χ4n) is 1.75. The summed E-state index contributed by atoms with van der Waals surface area (Å²) in [4.78, 5) is 13.6. The highest BCUT2D eigenvalue weighted by Gasteiger charge is 2.21. The molecule has 0 saturated carbocycles. The van der Waals surface area contributed by atoms with Crippen molar-refractivity contribution in [3.05, 3.63) is 29.8 Å². The maximum absolute atomic E-state index is 12.0. The number of carbonyl (C=O) groups excluding carboxylic acids is 1. The van der Waals surface area contributed by atoms with E-state index in [0.717, 1.165) is 17.7 Å². The quantitative estimate of drug-likeness (QED) is 0.910. The molecule has 0 saturated heterocycles. The maximum Gasteiger partial charge on any atom is 0.414 e. The molecule has 0 aliphatic carbocycles. The highest BCUT2D eigenvalue weighted by atomic mass is 16.6. The van der Waals surface area contributed by atoms with Crippen LogP contribution in [0.4, 0.5) is 10.5 Å². The summed E-state index contributed by atoms with van der Waals surface area (Å²) < 4.78 is 5.35. The fourth-order valence-corrected chi connectivity index (χ4v) is 1.75. The molecule has 0 bridgehead atoms. The van der Waals surface area contributed by atoms with Gasteiger partial charge in [-0.15, -0.1) is 0 Å². The first-order chi connectivity index (χ1) is 8.85. The maximum atomic E-state index is 12.0. The van der Waals surface area contributed by atoms with E-state index in [4.69, 9.17) is 9.84 Å². The average molecular weight is 265 g/mol. The Kier molecular flexibility index (Phi) is 5.36. The summed E-state index contributed by atoms with van der Waals surface area (Å²) in [6.07, 6.45) is 1.04. The molecule has 19 heavy (non-hydrogen) atoms. The Balaban J connectivity index is 2.86. The van der Waals surface area contributed by atoms with E-state index in [-0.39, 0.29) is 12.7 Å². The number of aliphatic hydroxyl groups excluding tert-OH is 1. The van der Waals surface area contributed by atoms with E-state index in [1.54, 1.807) is 7.05 Å². The Labute approximate surface area is 115 Å². The van der Waals surface area contributed by atoms with Crippen molar-refractivity contribution in [2.45, 2.75) is 39.2 Å². The number of carbonyl (C=O) groups is 1. The molecular weight excluding hydrogens is 242 g/mol. The number of para-hydroxylation sites is 1. The van der Waals surface area contributed by atoms with Crippen molar-refractivity contribution in [2.75, 3.05) is 18.6 Å². The summed E-state index contributed by atoms with van der Waals surface area (Å²) >= 11 is 0. The summed E-state index contributed by atoms with van der Waals surface area (Å²) in [7, 11) is 1.70. The van der Waals surface area contributed by atoms with E-state index in [2.05, 4.69) is 0 Å². The Morgan fingerprint density at radius 2 is 1.95 bits per heavy atom. The zero-order valence-electron chi connectivity index (χ0n) is 12.1. The van der Waals surface area contributed by atoms with Gasteiger partial charge in [0, 0.05) is 19.3 Å². The second-order valence-electron chi connectivity index (χ2n) is 5.50. The van der Waals surface area contributed by atoms with Crippen LogP contribution < -0.4 is 4.90 Å². The van der Waals surface area contributed by atoms with E-state index >= 15 is 0 Å². The molecule has 0 aliphatic rings. The number of anilines is 1. The van der Waals surface area contributed by atoms with Gasteiger partial charge in [0.1, 0.15) is 5.60 Å². The second kappa shape index (κ2) is 6.57. The molecule has 0 heterocycles. The van der Waals surface area contributed by atoms with Gasteiger partial charge in [0.15, 0.2) is 0 Å². The number of hydrogen-bond donors (Lipinski definition) is 1. The molecular formula is C15H23NO3. The third-order valence-electron chi connectivity index (χ3n) is 2.62. The zero-order chi connectivity index (χ0) is 14.5. The van der Waals surface area contributed by atoms with Crippen molar-refractivity contribution in [1.29, 1.82) is 0 Å². The van der Waals surface area contributed by atoms with Crippen LogP contribution >= 0.6 is 0 Å². The lowest BCUT2D eigenvalue weighted by Gasteiger charge is -2.26. The molecule has 0 aromatic heterocycles. The smallest absolute Gasteiger partial charge is 0.414 e. The monoisotopic (exact) mass is 265 g/mol. The predicted octanol–water partition coefficient (Wildman–Crippen LogP) is 2.98. The van der Waals surface area contributed by atoms with Gasteiger partial charge in [0.2, 0.25) is 0 Å². The van der Waals surface area contributed by atoms with Gasteiger partial charge in [-0.3, -0.25) is 4.90 Å². The van der Waals surface area contributed by atoms with Crippen LogP contribution in [0.25, 0.3) is 0 Å². The van der Waals surface area contributed by atoms with E-state index in [0.29, 0.717) is 6.42 Å². The molecule has 0 aliphatic heterocycles. The van der Waals surface area contributed by atoms with Crippen LogP contribution in [0.15, 0.2) is 24.3 Å². The number of benzene rings is 1. The molecule has 4 nitrogen and oxygen atoms in total. The van der Waals surface area contributed by atoms with Crippen LogP contribution in [0.2, 0.25) is 0 Å². The van der Waals surface area contributed by atoms with Crippen molar-refractivity contribution in [2.24, 2.45) is 0 Å². The Hall–Kier alpha value is -1.55. The van der Waals surface area contributed by atoms with Crippen molar-refractivity contribution in [1.82, 2.24) is 0 Å². The van der Waals surface area contributed by atoms with E-state index in [9.17, 15) is 4.79 Å². The number of ether oxygens (including phenoxy) is 1. The third kappa shape index (κ3) is 4.91. The van der Waals surface area contributed by atoms with Crippen LogP contribution in [0.5, 0.6) is 0 Å². The van der Waals surface area contributed by atoms with Crippen LogP contribution in [-0.4, -0.2) is 30.5 Å². The predicted molar refractivity (Wildman–Crippen MR) is 76.5 cm³/mol. The number of aryl methyl sites for hydroxylation is 1. The molecule has 106 valence electrons. The first kappa shape index (κ1) is 15.5. The Morgan fingerprint density at radius 3 is 2.53 bits per heavy atom. The first-order valence-corrected chi connectivity index (χ1v) is 6.50. The van der Waals surface area contributed by atoms with Gasteiger partial charge in [0.05, 0.1) is 0 Å². The van der Waals surface area contributed by atoms with E-state index < -0.39 is 5.60 Å².